The lowest BCUT2D eigenvalue weighted by Crippen LogP contribution is -2.27. The Morgan fingerprint density at radius 2 is 2.00 bits per heavy atom. The lowest BCUT2D eigenvalue weighted by molar-refractivity contribution is 0.0933. The van der Waals surface area contributed by atoms with Gasteiger partial charge in [0.15, 0.2) is 12.1 Å². The number of benzene rings is 1. The van der Waals surface area contributed by atoms with E-state index < -0.39 is 0 Å². The van der Waals surface area contributed by atoms with Crippen LogP contribution in [-0.4, -0.2) is 20.7 Å². The third kappa shape index (κ3) is 3.47. The van der Waals surface area contributed by atoms with Gasteiger partial charge in [-0.15, -0.1) is 0 Å². The fourth-order valence-electron chi connectivity index (χ4n) is 2.85. The number of nitrogens with zero attached hydrogens (tertiary/aromatic N) is 3. The number of oxazole rings is 1. The van der Waals surface area contributed by atoms with Gasteiger partial charge in [0.2, 0.25) is 0 Å². The first-order chi connectivity index (χ1) is 12.0. The lowest BCUT2D eigenvalue weighted by Gasteiger charge is -2.14. The Labute approximate surface area is 146 Å². The molecule has 0 fully saturated rings. The molecule has 0 saturated carbocycles. The van der Waals surface area contributed by atoms with Gasteiger partial charge < -0.3 is 9.73 Å². The standard InChI is InChI=1S/C19H22N4O2/c1-5-17-18(20-11-25-17)19(24)21-14(4)15-6-8-16(9-7-15)23-13(3)10-12(2)22-23/h6-11,14H,5H2,1-4H3,(H,21,24)/t14-/m1/s1. The zero-order valence-electron chi connectivity index (χ0n) is 14.9. The van der Waals surface area contributed by atoms with Crippen molar-refractivity contribution in [3.63, 3.8) is 0 Å². The van der Waals surface area contributed by atoms with Gasteiger partial charge in [-0.3, -0.25) is 4.79 Å². The molecule has 1 aromatic carbocycles. The maximum atomic E-state index is 12.4. The maximum Gasteiger partial charge on any atom is 0.274 e. The number of aromatic nitrogens is 3. The van der Waals surface area contributed by atoms with Crippen LogP contribution in [0.5, 0.6) is 0 Å². The summed E-state index contributed by atoms with van der Waals surface area (Å²) in [6.45, 7) is 7.88. The second-order valence-electron chi connectivity index (χ2n) is 6.10. The average Bonchev–Trinajstić information content (AvgIpc) is 3.20. The first kappa shape index (κ1) is 17.0. The summed E-state index contributed by atoms with van der Waals surface area (Å²) >= 11 is 0. The molecule has 6 heteroatoms. The normalized spacial score (nSPS) is 12.2. The summed E-state index contributed by atoms with van der Waals surface area (Å²) in [5.74, 6) is 0.380. The molecule has 3 rings (SSSR count). The highest BCUT2D eigenvalue weighted by molar-refractivity contribution is 5.93. The van der Waals surface area contributed by atoms with Crippen molar-refractivity contribution in [3.8, 4) is 5.69 Å². The Bertz CT molecular complexity index is 877. The molecule has 0 aliphatic carbocycles. The average molecular weight is 338 g/mol. The summed E-state index contributed by atoms with van der Waals surface area (Å²) < 4.78 is 7.13. The summed E-state index contributed by atoms with van der Waals surface area (Å²) in [6, 6.07) is 9.92. The van der Waals surface area contributed by atoms with Crippen molar-refractivity contribution >= 4 is 5.91 Å². The zero-order chi connectivity index (χ0) is 18.0. The van der Waals surface area contributed by atoms with Crippen molar-refractivity contribution in [1.29, 1.82) is 0 Å². The van der Waals surface area contributed by atoms with Crippen molar-refractivity contribution in [2.24, 2.45) is 0 Å². The molecule has 1 N–H and O–H groups in total. The van der Waals surface area contributed by atoms with Crippen molar-refractivity contribution in [1.82, 2.24) is 20.1 Å². The van der Waals surface area contributed by atoms with E-state index in [9.17, 15) is 4.79 Å². The fourth-order valence-corrected chi connectivity index (χ4v) is 2.85. The summed E-state index contributed by atoms with van der Waals surface area (Å²) in [5, 5.41) is 7.45. The van der Waals surface area contributed by atoms with Crippen molar-refractivity contribution in [2.75, 3.05) is 0 Å². The fraction of sp³-hybridized carbons (Fsp3) is 0.316. The molecular weight excluding hydrogens is 316 g/mol. The van der Waals surface area contributed by atoms with Gasteiger partial charge in [-0.25, -0.2) is 9.67 Å². The van der Waals surface area contributed by atoms with E-state index in [1.807, 2.05) is 62.7 Å². The Balaban J connectivity index is 1.73. The summed E-state index contributed by atoms with van der Waals surface area (Å²) in [7, 11) is 0. The quantitative estimate of drug-likeness (QED) is 0.772. The molecule has 1 amide bonds. The smallest absolute Gasteiger partial charge is 0.274 e. The van der Waals surface area contributed by atoms with Crippen molar-refractivity contribution in [3.05, 3.63) is 65.1 Å². The minimum Gasteiger partial charge on any atom is -0.448 e. The number of aryl methyl sites for hydroxylation is 3. The third-order valence-corrected chi connectivity index (χ3v) is 4.17. The van der Waals surface area contributed by atoms with Crippen LogP contribution in [0.1, 0.15) is 53.1 Å². The highest BCUT2D eigenvalue weighted by atomic mass is 16.3. The van der Waals surface area contributed by atoms with Gasteiger partial charge in [0, 0.05) is 12.1 Å². The third-order valence-electron chi connectivity index (χ3n) is 4.17. The van der Waals surface area contributed by atoms with E-state index in [4.69, 9.17) is 4.42 Å². The molecule has 0 radical (unpaired) electrons. The number of hydrogen-bond acceptors (Lipinski definition) is 4. The predicted octanol–water partition coefficient (Wildman–Crippen LogP) is 3.53. The Hall–Kier alpha value is -2.89. The van der Waals surface area contributed by atoms with Crippen LogP contribution in [0.15, 0.2) is 41.1 Å². The van der Waals surface area contributed by atoms with Gasteiger partial charge in [-0.05, 0) is 44.5 Å². The minimum absolute atomic E-state index is 0.136. The minimum atomic E-state index is -0.222. The van der Waals surface area contributed by atoms with E-state index in [0.717, 1.165) is 22.6 Å². The van der Waals surface area contributed by atoms with E-state index in [2.05, 4.69) is 15.4 Å². The monoisotopic (exact) mass is 338 g/mol. The van der Waals surface area contributed by atoms with Crippen molar-refractivity contribution < 1.29 is 9.21 Å². The molecule has 0 aliphatic heterocycles. The van der Waals surface area contributed by atoms with Crippen molar-refractivity contribution in [2.45, 2.75) is 40.2 Å². The number of amides is 1. The van der Waals surface area contributed by atoms with E-state index in [1.165, 1.54) is 6.39 Å². The van der Waals surface area contributed by atoms with E-state index in [-0.39, 0.29) is 11.9 Å². The van der Waals surface area contributed by atoms with Crippen LogP contribution in [0.4, 0.5) is 0 Å². The zero-order valence-corrected chi connectivity index (χ0v) is 14.9. The number of nitrogens with one attached hydrogen (secondary N) is 1. The summed E-state index contributed by atoms with van der Waals surface area (Å²) in [6.07, 6.45) is 1.94. The van der Waals surface area contributed by atoms with E-state index in [0.29, 0.717) is 17.9 Å². The molecule has 130 valence electrons. The number of carbonyl (C=O) groups is 1. The topological polar surface area (TPSA) is 73.0 Å². The van der Waals surface area contributed by atoms with Gasteiger partial charge in [-0.1, -0.05) is 19.1 Å². The van der Waals surface area contributed by atoms with Gasteiger partial charge in [-0.2, -0.15) is 5.10 Å². The van der Waals surface area contributed by atoms with Crippen LogP contribution in [0, 0.1) is 13.8 Å². The number of carbonyl (C=O) groups excluding carboxylic acids is 1. The van der Waals surface area contributed by atoms with Gasteiger partial charge in [0.25, 0.3) is 5.91 Å². The number of hydrogen-bond donors (Lipinski definition) is 1. The maximum absolute atomic E-state index is 12.4. The Morgan fingerprint density at radius 3 is 2.60 bits per heavy atom. The van der Waals surface area contributed by atoms with Crippen LogP contribution in [0.25, 0.3) is 5.69 Å². The molecule has 2 aromatic heterocycles. The molecule has 0 saturated heterocycles. The molecule has 6 nitrogen and oxygen atoms in total. The van der Waals surface area contributed by atoms with Crippen LogP contribution in [-0.2, 0) is 6.42 Å². The van der Waals surface area contributed by atoms with Crippen LogP contribution in [0.2, 0.25) is 0 Å². The molecular formula is C19H22N4O2. The van der Waals surface area contributed by atoms with Gasteiger partial charge >= 0.3 is 0 Å². The molecule has 1 atom stereocenters. The summed E-state index contributed by atoms with van der Waals surface area (Å²) in [5.41, 5.74) is 4.44. The largest absolute Gasteiger partial charge is 0.448 e. The second-order valence-corrected chi connectivity index (χ2v) is 6.10. The SMILES string of the molecule is CCc1ocnc1C(=O)N[C@H](C)c1ccc(-n2nc(C)cc2C)cc1. The molecule has 0 spiro atoms. The highest BCUT2D eigenvalue weighted by Crippen LogP contribution is 2.18. The van der Waals surface area contributed by atoms with Crippen LogP contribution >= 0.6 is 0 Å². The molecule has 0 aliphatic rings. The highest BCUT2D eigenvalue weighted by Gasteiger charge is 2.18. The van der Waals surface area contributed by atoms with E-state index in [1.54, 1.807) is 0 Å². The number of rotatable bonds is 5. The molecule has 0 unspecified atom stereocenters. The van der Waals surface area contributed by atoms with E-state index >= 15 is 0 Å². The van der Waals surface area contributed by atoms with Crippen LogP contribution < -0.4 is 5.32 Å². The second kappa shape index (κ2) is 6.93. The Morgan fingerprint density at radius 1 is 1.28 bits per heavy atom. The first-order valence-electron chi connectivity index (χ1n) is 8.36. The molecule has 0 bridgehead atoms. The molecule has 2 heterocycles. The first-order valence-corrected chi connectivity index (χ1v) is 8.36. The van der Waals surface area contributed by atoms with Gasteiger partial charge in [0.05, 0.1) is 17.4 Å². The predicted molar refractivity (Wildman–Crippen MR) is 94.8 cm³/mol. The van der Waals surface area contributed by atoms with Gasteiger partial charge in [0.1, 0.15) is 5.76 Å². The van der Waals surface area contributed by atoms with Crippen LogP contribution in [0.3, 0.4) is 0 Å². The lowest BCUT2D eigenvalue weighted by atomic mass is 10.1. The Kier molecular flexibility index (Phi) is 4.70. The summed E-state index contributed by atoms with van der Waals surface area (Å²) in [4.78, 5) is 16.4. The molecule has 25 heavy (non-hydrogen) atoms. The molecule has 3 aromatic rings.